The average molecular weight is 260 g/mol. The van der Waals surface area contributed by atoms with Crippen LogP contribution in [0, 0.1) is 5.92 Å². The SMILES string of the molecule is CC(C)CC(=O)N1CCN(c2ccccc2)CC1C. The molecule has 0 radical (unpaired) electrons. The van der Waals surface area contributed by atoms with Gasteiger partial charge >= 0.3 is 0 Å². The summed E-state index contributed by atoms with van der Waals surface area (Å²) in [5.41, 5.74) is 1.25. The topological polar surface area (TPSA) is 23.6 Å². The summed E-state index contributed by atoms with van der Waals surface area (Å²) in [5.74, 6) is 0.738. The van der Waals surface area contributed by atoms with Crippen molar-refractivity contribution in [2.45, 2.75) is 33.2 Å². The molecule has 2 rings (SSSR count). The third-order valence-electron chi connectivity index (χ3n) is 3.65. The minimum absolute atomic E-state index is 0.292. The molecule has 1 aromatic rings. The van der Waals surface area contributed by atoms with Crippen molar-refractivity contribution >= 4 is 11.6 Å². The predicted molar refractivity (Wildman–Crippen MR) is 79.3 cm³/mol. The maximum atomic E-state index is 12.2. The van der Waals surface area contributed by atoms with Gasteiger partial charge in [-0.05, 0) is 25.0 Å². The summed E-state index contributed by atoms with van der Waals surface area (Å²) in [6, 6.07) is 10.7. The zero-order valence-electron chi connectivity index (χ0n) is 12.2. The van der Waals surface area contributed by atoms with E-state index in [2.05, 4.69) is 49.9 Å². The predicted octanol–water partition coefficient (Wildman–Crippen LogP) is 2.77. The molecule has 1 saturated heterocycles. The van der Waals surface area contributed by atoms with Crippen molar-refractivity contribution in [3.8, 4) is 0 Å². The van der Waals surface area contributed by atoms with Crippen LogP contribution in [-0.4, -0.2) is 36.5 Å². The van der Waals surface area contributed by atoms with E-state index in [9.17, 15) is 4.79 Å². The molecule has 0 bridgehead atoms. The molecule has 3 nitrogen and oxygen atoms in total. The van der Waals surface area contributed by atoms with Gasteiger partial charge in [0.05, 0.1) is 0 Å². The highest BCUT2D eigenvalue weighted by molar-refractivity contribution is 5.77. The van der Waals surface area contributed by atoms with E-state index in [1.165, 1.54) is 5.69 Å². The molecule has 104 valence electrons. The van der Waals surface area contributed by atoms with E-state index in [1.807, 2.05) is 11.0 Å². The number of amides is 1. The van der Waals surface area contributed by atoms with E-state index in [0.29, 0.717) is 24.3 Å². The van der Waals surface area contributed by atoms with Crippen molar-refractivity contribution in [2.75, 3.05) is 24.5 Å². The molecule has 19 heavy (non-hydrogen) atoms. The first kappa shape index (κ1) is 13.9. The summed E-state index contributed by atoms with van der Waals surface area (Å²) in [7, 11) is 0. The quantitative estimate of drug-likeness (QED) is 0.834. The Balaban J connectivity index is 1.97. The average Bonchev–Trinajstić information content (AvgIpc) is 2.38. The van der Waals surface area contributed by atoms with Crippen LogP contribution in [0.3, 0.4) is 0 Å². The maximum Gasteiger partial charge on any atom is 0.223 e. The summed E-state index contributed by atoms with van der Waals surface area (Å²) >= 11 is 0. The lowest BCUT2D eigenvalue weighted by molar-refractivity contribution is -0.134. The second-order valence-corrected chi connectivity index (χ2v) is 5.82. The molecule has 1 heterocycles. The number of nitrogens with zero attached hydrogens (tertiary/aromatic N) is 2. The second-order valence-electron chi connectivity index (χ2n) is 5.82. The van der Waals surface area contributed by atoms with Crippen molar-refractivity contribution in [2.24, 2.45) is 5.92 Å². The molecule has 1 aromatic carbocycles. The molecule has 1 aliphatic rings. The fourth-order valence-corrected chi connectivity index (χ4v) is 2.67. The fourth-order valence-electron chi connectivity index (χ4n) is 2.67. The number of rotatable bonds is 3. The van der Waals surface area contributed by atoms with E-state index in [1.54, 1.807) is 0 Å². The van der Waals surface area contributed by atoms with Gasteiger partial charge in [0.2, 0.25) is 5.91 Å². The number of carbonyl (C=O) groups is 1. The Labute approximate surface area is 116 Å². The monoisotopic (exact) mass is 260 g/mol. The Morgan fingerprint density at radius 2 is 1.95 bits per heavy atom. The molecular weight excluding hydrogens is 236 g/mol. The molecule has 0 spiro atoms. The van der Waals surface area contributed by atoms with Crippen LogP contribution in [0.25, 0.3) is 0 Å². The van der Waals surface area contributed by atoms with Crippen LogP contribution in [-0.2, 0) is 4.79 Å². The van der Waals surface area contributed by atoms with Gasteiger partial charge in [-0.15, -0.1) is 0 Å². The lowest BCUT2D eigenvalue weighted by atomic mass is 10.1. The first-order valence-corrected chi connectivity index (χ1v) is 7.17. The Morgan fingerprint density at radius 1 is 1.26 bits per heavy atom. The number of hydrogen-bond acceptors (Lipinski definition) is 2. The van der Waals surface area contributed by atoms with Crippen LogP contribution in [0.2, 0.25) is 0 Å². The van der Waals surface area contributed by atoms with Crippen LogP contribution in [0.5, 0.6) is 0 Å². The fraction of sp³-hybridized carbons (Fsp3) is 0.562. The van der Waals surface area contributed by atoms with Gasteiger partial charge in [0.25, 0.3) is 0 Å². The minimum atomic E-state index is 0.292. The molecule has 0 aromatic heterocycles. The lowest BCUT2D eigenvalue weighted by Crippen LogP contribution is -2.54. The van der Waals surface area contributed by atoms with Crippen LogP contribution in [0.15, 0.2) is 30.3 Å². The van der Waals surface area contributed by atoms with Crippen molar-refractivity contribution in [1.82, 2.24) is 4.90 Å². The highest BCUT2D eigenvalue weighted by atomic mass is 16.2. The first-order valence-electron chi connectivity index (χ1n) is 7.17. The van der Waals surface area contributed by atoms with Gasteiger partial charge in [0, 0.05) is 37.8 Å². The Kier molecular flexibility index (Phi) is 4.46. The first-order chi connectivity index (χ1) is 9.08. The van der Waals surface area contributed by atoms with E-state index in [4.69, 9.17) is 0 Å². The highest BCUT2D eigenvalue weighted by Crippen LogP contribution is 2.19. The maximum absolute atomic E-state index is 12.2. The molecule has 1 unspecified atom stereocenters. The summed E-state index contributed by atoms with van der Waals surface area (Å²) in [5, 5.41) is 0. The summed E-state index contributed by atoms with van der Waals surface area (Å²) in [6.45, 7) is 9.03. The largest absolute Gasteiger partial charge is 0.368 e. The molecule has 1 amide bonds. The highest BCUT2D eigenvalue weighted by Gasteiger charge is 2.27. The third-order valence-corrected chi connectivity index (χ3v) is 3.65. The number of benzene rings is 1. The number of piperazine rings is 1. The van der Waals surface area contributed by atoms with Crippen LogP contribution in [0.4, 0.5) is 5.69 Å². The van der Waals surface area contributed by atoms with E-state index >= 15 is 0 Å². The molecule has 1 atom stereocenters. The minimum Gasteiger partial charge on any atom is -0.368 e. The molecule has 1 aliphatic heterocycles. The third kappa shape index (κ3) is 3.49. The summed E-state index contributed by atoms with van der Waals surface area (Å²) < 4.78 is 0. The smallest absolute Gasteiger partial charge is 0.223 e. The van der Waals surface area contributed by atoms with Crippen molar-refractivity contribution in [1.29, 1.82) is 0 Å². The van der Waals surface area contributed by atoms with Gasteiger partial charge in [-0.2, -0.15) is 0 Å². The second kappa shape index (κ2) is 6.09. The zero-order valence-corrected chi connectivity index (χ0v) is 12.2. The zero-order chi connectivity index (χ0) is 13.8. The van der Waals surface area contributed by atoms with Crippen LogP contribution >= 0.6 is 0 Å². The van der Waals surface area contributed by atoms with E-state index < -0.39 is 0 Å². The van der Waals surface area contributed by atoms with E-state index in [0.717, 1.165) is 19.6 Å². The number of hydrogen-bond donors (Lipinski definition) is 0. The van der Waals surface area contributed by atoms with Crippen LogP contribution in [0.1, 0.15) is 27.2 Å². The van der Waals surface area contributed by atoms with E-state index in [-0.39, 0.29) is 0 Å². The molecule has 0 saturated carbocycles. The number of para-hydroxylation sites is 1. The van der Waals surface area contributed by atoms with Gasteiger partial charge in [0.15, 0.2) is 0 Å². The molecule has 0 N–H and O–H groups in total. The summed E-state index contributed by atoms with van der Waals surface area (Å²) in [4.78, 5) is 16.6. The van der Waals surface area contributed by atoms with Gasteiger partial charge in [-0.1, -0.05) is 32.0 Å². The lowest BCUT2D eigenvalue weighted by Gasteiger charge is -2.41. The molecular formula is C16H24N2O. The molecule has 1 fully saturated rings. The van der Waals surface area contributed by atoms with Crippen molar-refractivity contribution in [3.05, 3.63) is 30.3 Å². The molecule has 0 aliphatic carbocycles. The summed E-state index contributed by atoms with van der Waals surface area (Å²) in [6.07, 6.45) is 0.662. The van der Waals surface area contributed by atoms with Crippen molar-refractivity contribution < 1.29 is 4.79 Å². The van der Waals surface area contributed by atoms with Crippen LogP contribution < -0.4 is 4.90 Å². The van der Waals surface area contributed by atoms with Gasteiger partial charge in [0.1, 0.15) is 0 Å². The Bertz CT molecular complexity index is 416. The Hall–Kier alpha value is -1.51. The Morgan fingerprint density at radius 3 is 2.53 bits per heavy atom. The van der Waals surface area contributed by atoms with Gasteiger partial charge in [-0.25, -0.2) is 0 Å². The van der Waals surface area contributed by atoms with Crippen molar-refractivity contribution in [3.63, 3.8) is 0 Å². The number of anilines is 1. The van der Waals surface area contributed by atoms with Gasteiger partial charge in [-0.3, -0.25) is 4.79 Å². The standard InChI is InChI=1S/C16H24N2O/c1-13(2)11-16(19)18-10-9-17(12-14(18)3)15-7-5-4-6-8-15/h4-8,13-14H,9-12H2,1-3H3. The normalized spacial score (nSPS) is 19.9. The number of carbonyl (C=O) groups excluding carboxylic acids is 1. The molecule has 3 heteroatoms. The van der Waals surface area contributed by atoms with Gasteiger partial charge < -0.3 is 9.80 Å².